The molecule has 2 atom stereocenters. The van der Waals surface area contributed by atoms with Crippen LogP contribution in [0.5, 0.6) is 5.75 Å². The molecule has 0 bridgehead atoms. The molecule has 3 aromatic rings. The molecule has 2 N–H and O–H groups in total. The van der Waals surface area contributed by atoms with Crippen LogP contribution >= 0.6 is 0 Å². The quantitative estimate of drug-likeness (QED) is 0.676. The second kappa shape index (κ2) is 8.61. The molecule has 0 radical (unpaired) electrons. The minimum absolute atomic E-state index is 0.0434. The van der Waals surface area contributed by atoms with Crippen LogP contribution in [0.15, 0.2) is 84.9 Å². The molecule has 1 heterocycles. The predicted molar refractivity (Wildman–Crippen MR) is 112 cm³/mol. The molecule has 3 aromatic carbocycles. The number of para-hydroxylation sites is 2. The first-order chi connectivity index (χ1) is 14.2. The number of carbonyl (C=O) groups excluding carboxylic acids is 2. The molecule has 2 amide bonds. The molecule has 0 saturated carbocycles. The van der Waals surface area contributed by atoms with Crippen molar-refractivity contribution in [2.75, 3.05) is 5.32 Å². The third-order valence-electron chi connectivity index (χ3n) is 4.90. The number of hydrogen-bond acceptors (Lipinski definition) is 3. The van der Waals surface area contributed by atoms with E-state index in [-0.39, 0.29) is 24.3 Å². The van der Waals surface area contributed by atoms with Crippen LogP contribution in [0.3, 0.4) is 0 Å². The van der Waals surface area contributed by atoms with E-state index in [1.54, 1.807) is 12.1 Å². The molecule has 0 aliphatic carbocycles. The number of anilines is 1. The Morgan fingerprint density at radius 1 is 0.931 bits per heavy atom. The summed E-state index contributed by atoms with van der Waals surface area (Å²) in [6, 6.07) is 26.9. The van der Waals surface area contributed by atoms with Crippen LogP contribution in [-0.4, -0.2) is 17.9 Å². The van der Waals surface area contributed by atoms with Gasteiger partial charge in [0.2, 0.25) is 5.91 Å². The number of amides is 2. The van der Waals surface area contributed by atoms with Gasteiger partial charge in [-0.1, -0.05) is 72.8 Å². The summed E-state index contributed by atoms with van der Waals surface area (Å²) >= 11 is 0. The summed E-state index contributed by atoms with van der Waals surface area (Å²) in [7, 11) is 0. The van der Waals surface area contributed by atoms with Crippen molar-refractivity contribution in [3.05, 3.63) is 96.1 Å². The van der Waals surface area contributed by atoms with Gasteiger partial charge in [0, 0.05) is 0 Å². The lowest BCUT2D eigenvalue weighted by molar-refractivity contribution is -0.130. The van der Waals surface area contributed by atoms with Gasteiger partial charge in [-0.2, -0.15) is 0 Å². The van der Waals surface area contributed by atoms with Gasteiger partial charge >= 0.3 is 0 Å². The maximum Gasteiger partial charge on any atom is 0.266 e. The highest BCUT2D eigenvalue weighted by molar-refractivity contribution is 5.99. The average Bonchev–Trinajstić information content (AvgIpc) is 2.75. The Labute approximate surface area is 169 Å². The number of nitrogens with one attached hydrogen (secondary N) is 2. The summed E-state index contributed by atoms with van der Waals surface area (Å²) in [5, 5.41) is 5.87. The number of benzene rings is 3. The van der Waals surface area contributed by atoms with Gasteiger partial charge in [-0.3, -0.25) is 9.59 Å². The normalized spacial score (nSPS) is 16.1. The van der Waals surface area contributed by atoms with E-state index in [4.69, 9.17) is 4.74 Å². The molecule has 5 nitrogen and oxygen atoms in total. The zero-order valence-electron chi connectivity index (χ0n) is 15.9. The Hall–Kier alpha value is -3.60. The highest BCUT2D eigenvalue weighted by atomic mass is 16.5. The zero-order chi connectivity index (χ0) is 20.1. The molecule has 0 aromatic heterocycles. The van der Waals surface area contributed by atoms with Gasteiger partial charge in [0.05, 0.1) is 18.2 Å². The largest absolute Gasteiger partial charge is 0.478 e. The molecule has 0 fully saturated rings. The lowest BCUT2D eigenvalue weighted by Gasteiger charge is -2.26. The Bertz CT molecular complexity index is 989. The molecule has 0 saturated heterocycles. The number of rotatable bonds is 6. The van der Waals surface area contributed by atoms with Gasteiger partial charge in [-0.15, -0.1) is 0 Å². The van der Waals surface area contributed by atoms with Crippen molar-refractivity contribution in [2.24, 2.45) is 0 Å². The van der Waals surface area contributed by atoms with Crippen molar-refractivity contribution in [1.29, 1.82) is 0 Å². The molecule has 146 valence electrons. The van der Waals surface area contributed by atoms with Crippen LogP contribution in [0.25, 0.3) is 0 Å². The molecule has 1 aliphatic rings. The van der Waals surface area contributed by atoms with Gasteiger partial charge in [0.1, 0.15) is 5.75 Å². The van der Waals surface area contributed by atoms with E-state index in [9.17, 15) is 9.59 Å². The van der Waals surface area contributed by atoms with Crippen molar-refractivity contribution in [3.8, 4) is 5.75 Å². The maximum absolute atomic E-state index is 12.8. The average molecular weight is 386 g/mol. The summed E-state index contributed by atoms with van der Waals surface area (Å²) in [4.78, 5) is 25.1. The minimum Gasteiger partial charge on any atom is -0.478 e. The highest BCUT2D eigenvalue weighted by Gasteiger charge is 2.30. The van der Waals surface area contributed by atoms with Crippen molar-refractivity contribution in [3.63, 3.8) is 0 Å². The second-order valence-corrected chi connectivity index (χ2v) is 7.02. The van der Waals surface area contributed by atoms with Crippen molar-refractivity contribution < 1.29 is 14.3 Å². The fraction of sp³-hybridized carbons (Fsp3) is 0.167. The van der Waals surface area contributed by atoms with Crippen molar-refractivity contribution >= 4 is 17.5 Å². The number of carbonyl (C=O) groups is 2. The first-order valence-corrected chi connectivity index (χ1v) is 9.64. The third kappa shape index (κ3) is 4.63. The highest BCUT2D eigenvalue weighted by Crippen LogP contribution is 2.29. The molecule has 1 aliphatic heterocycles. The van der Waals surface area contributed by atoms with E-state index in [0.29, 0.717) is 17.9 Å². The van der Waals surface area contributed by atoms with Crippen LogP contribution in [0, 0.1) is 0 Å². The molecule has 29 heavy (non-hydrogen) atoms. The topological polar surface area (TPSA) is 67.4 Å². The van der Waals surface area contributed by atoms with E-state index in [2.05, 4.69) is 10.6 Å². The van der Waals surface area contributed by atoms with E-state index < -0.39 is 6.10 Å². The summed E-state index contributed by atoms with van der Waals surface area (Å²) in [6.45, 7) is 0. The molecular formula is C24H22N2O3. The first-order valence-electron chi connectivity index (χ1n) is 9.64. The van der Waals surface area contributed by atoms with E-state index in [0.717, 1.165) is 11.1 Å². The van der Waals surface area contributed by atoms with Gasteiger partial charge < -0.3 is 15.4 Å². The molecule has 0 spiro atoms. The van der Waals surface area contributed by atoms with Gasteiger partial charge in [0.25, 0.3) is 5.91 Å². The van der Waals surface area contributed by atoms with Crippen molar-refractivity contribution in [2.45, 2.75) is 25.0 Å². The fourth-order valence-electron chi connectivity index (χ4n) is 3.44. The predicted octanol–water partition coefficient (Wildman–Crippen LogP) is 3.88. The zero-order valence-corrected chi connectivity index (χ0v) is 15.9. The smallest absolute Gasteiger partial charge is 0.266 e. The van der Waals surface area contributed by atoms with Gasteiger partial charge in [0.15, 0.2) is 6.10 Å². The molecule has 0 unspecified atom stereocenters. The molecular weight excluding hydrogens is 364 g/mol. The van der Waals surface area contributed by atoms with Gasteiger partial charge in [-0.25, -0.2) is 0 Å². The Morgan fingerprint density at radius 2 is 1.59 bits per heavy atom. The SMILES string of the molecule is O=C(C[C@@H]1Oc2ccccc2NC1=O)N[C@@H](Cc1ccccc1)c1ccccc1. The molecule has 5 heteroatoms. The number of ether oxygens (including phenoxy) is 1. The summed E-state index contributed by atoms with van der Waals surface area (Å²) < 4.78 is 5.75. The Kier molecular flexibility index (Phi) is 5.56. The van der Waals surface area contributed by atoms with Crippen LogP contribution in [0.4, 0.5) is 5.69 Å². The standard InChI is InChI=1S/C24H22N2O3/c27-23(16-22-24(28)26-19-13-7-8-14-21(19)29-22)25-20(18-11-5-2-6-12-18)15-17-9-3-1-4-10-17/h1-14,20,22H,15-16H2,(H,25,27)(H,26,28)/t20-,22-/m0/s1. The summed E-state index contributed by atoms with van der Waals surface area (Å²) in [6.07, 6.45) is -0.229. The lowest BCUT2D eigenvalue weighted by Crippen LogP contribution is -2.41. The number of fused-ring (bicyclic) bond motifs is 1. The second-order valence-electron chi connectivity index (χ2n) is 7.02. The molecule has 4 rings (SSSR count). The summed E-state index contributed by atoms with van der Waals surface area (Å²) in [5.41, 5.74) is 2.77. The van der Waals surface area contributed by atoms with E-state index in [1.807, 2.05) is 72.8 Å². The first kappa shape index (κ1) is 18.7. The third-order valence-corrected chi connectivity index (χ3v) is 4.90. The number of hydrogen-bond donors (Lipinski definition) is 2. The van der Waals surface area contributed by atoms with Gasteiger partial charge in [-0.05, 0) is 29.7 Å². The maximum atomic E-state index is 12.8. The van der Waals surface area contributed by atoms with E-state index >= 15 is 0 Å². The van der Waals surface area contributed by atoms with Crippen molar-refractivity contribution in [1.82, 2.24) is 5.32 Å². The summed E-state index contributed by atoms with van der Waals surface area (Å²) in [5.74, 6) is 0.0429. The van der Waals surface area contributed by atoms with E-state index in [1.165, 1.54) is 0 Å². The van der Waals surface area contributed by atoms with Crippen LogP contribution in [0.2, 0.25) is 0 Å². The monoisotopic (exact) mass is 386 g/mol. The van der Waals surface area contributed by atoms with Crippen LogP contribution in [-0.2, 0) is 16.0 Å². The Morgan fingerprint density at radius 3 is 2.34 bits per heavy atom. The van der Waals surface area contributed by atoms with Crippen LogP contribution in [0.1, 0.15) is 23.6 Å². The minimum atomic E-state index is -0.849. The van der Waals surface area contributed by atoms with Crippen LogP contribution < -0.4 is 15.4 Å². The Balaban J connectivity index is 1.46. The lowest BCUT2D eigenvalue weighted by atomic mass is 9.98. The fourth-order valence-corrected chi connectivity index (χ4v) is 3.44.